The number of nitrogens with zero attached hydrogens (tertiary/aromatic N) is 2. The first-order chi connectivity index (χ1) is 31.7. The molecule has 13 aromatic rings. The summed E-state index contributed by atoms with van der Waals surface area (Å²) in [7, 11) is 0. The summed E-state index contributed by atoms with van der Waals surface area (Å²) < 4.78 is 4.87. The maximum absolute atomic E-state index is 2.49. The van der Waals surface area contributed by atoms with Crippen LogP contribution in [0, 0.1) is 0 Å². The summed E-state index contributed by atoms with van der Waals surface area (Å²) in [5.41, 5.74) is 19.7. The first kappa shape index (κ1) is 35.2. The topological polar surface area (TPSA) is 9.86 Å². The number of fused-ring (bicyclic) bond motifs is 11. The fourth-order valence-corrected chi connectivity index (χ4v) is 11.0. The van der Waals surface area contributed by atoms with Crippen molar-refractivity contribution in [1.29, 1.82) is 0 Å². The van der Waals surface area contributed by atoms with Gasteiger partial charge in [0.1, 0.15) is 0 Å². The fourth-order valence-electron chi connectivity index (χ4n) is 11.0. The van der Waals surface area contributed by atoms with E-state index in [0.717, 1.165) is 5.69 Å². The molecule has 0 saturated carbocycles. The minimum Gasteiger partial charge on any atom is -0.309 e. The Morgan fingerprint density at radius 2 is 0.812 bits per heavy atom. The van der Waals surface area contributed by atoms with E-state index in [0.29, 0.717) is 0 Å². The molecule has 2 aromatic heterocycles. The Bertz CT molecular complexity index is 4050. The molecule has 296 valence electrons. The van der Waals surface area contributed by atoms with E-state index in [1.807, 2.05) is 0 Å². The lowest BCUT2D eigenvalue weighted by Crippen LogP contribution is -1.95. The van der Waals surface area contributed by atoms with Crippen molar-refractivity contribution >= 4 is 65.2 Å². The molecule has 0 N–H and O–H groups in total. The number of hydrogen-bond acceptors (Lipinski definition) is 0. The van der Waals surface area contributed by atoms with Crippen molar-refractivity contribution in [2.75, 3.05) is 0 Å². The van der Waals surface area contributed by atoms with Crippen LogP contribution in [0.15, 0.2) is 231 Å². The van der Waals surface area contributed by atoms with Crippen molar-refractivity contribution in [3.05, 3.63) is 231 Å². The molecule has 0 spiro atoms. The standard InChI is InChI=1S/C62H38N2/c1-2-15-45(16-3-1)63-58-23-9-8-20-51(58)57-36-42(29-35-59(57)63)43-27-33-52-55-34-26-39-12-4-5-19-49(39)62(55)64(60(52)38-43)46-30-24-40(25-31-46)47-17-6-7-18-48(47)44-28-32-50-53-21-10-13-41-14-11-22-54(61(41)53)56(50)37-44/h1-38H. The van der Waals surface area contributed by atoms with Gasteiger partial charge in [0.15, 0.2) is 0 Å². The van der Waals surface area contributed by atoms with Crippen LogP contribution in [0.4, 0.5) is 0 Å². The third kappa shape index (κ3) is 5.08. The molecule has 0 saturated heterocycles. The van der Waals surface area contributed by atoms with Gasteiger partial charge in [-0.1, -0.05) is 176 Å². The van der Waals surface area contributed by atoms with E-state index in [-0.39, 0.29) is 0 Å². The van der Waals surface area contributed by atoms with Crippen LogP contribution < -0.4 is 0 Å². The minimum atomic E-state index is 1.14. The van der Waals surface area contributed by atoms with Crippen LogP contribution in [0.2, 0.25) is 0 Å². The summed E-state index contributed by atoms with van der Waals surface area (Å²) in [6, 6.07) is 85.3. The second kappa shape index (κ2) is 13.5. The zero-order valence-electron chi connectivity index (χ0n) is 34.8. The Morgan fingerprint density at radius 3 is 1.66 bits per heavy atom. The Hall–Kier alpha value is -8.46. The molecule has 0 radical (unpaired) electrons. The lowest BCUT2D eigenvalue weighted by molar-refractivity contribution is 1.18. The van der Waals surface area contributed by atoms with Gasteiger partial charge in [0, 0.05) is 38.3 Å². The Kier molecular flexibility index (Phi) is 7.43. The van der Waals surface area contributed by atoms with Gasteiger partial charge in [0.05, 0.1) is 22.1 Å². The first-order valence-electron chi connectivity index (χ1n) is 22.2. The molecular formula is C62H38N2. The molecule has 2 heterocycles. The quantitative estimate of drug-likeness (QED) is 0.164. The maximum Gasteiger partial charge on any atom is 0.0619 e. The molecule has 0 amide bonds. The number of rotatable bonds is 5. The molecule has 0 unspecified atom stereocenters. The van der Waals surface area contributed by atoms with Gasteiger partial charge in [-0.2, -0.15) is 0 Å². The molecule has 1 aliphatic carbocycles. The van der Waals surface area contributed by atoms with Crippen molar-refractivity contribution in [1.82, 2.24) is 9.13 Å². The van der Waals surface area contributed by atoms with E-state index >= 15 is 0 Å². The number of para-hydroxylation sites is 2. The fraction of sp³-hybridized carbons (Fsp3) is 0. The van der Waals surface area contributed by atoms with Crippen LogP contribution in [0.5, 0.6) is 0 Å². The second-order valence-corrected chi connectivity index (χ2v) is 17.2. The number of hydrogen-bond donors (Lipinski definition) is 0. The van der Waals surface area contributed by atoms with E-state index in [4.69, 9.17) is 0 Å². The lowest BCUT2D eigenvalue weighted by atomic mass is 9.92. The Labute approximate surface area is 370 Å². The summed E-state index contributed by atoms with van der Waals surface area (Å²) in [5, 5.41) is 10.1. The number of aromatic nitrogens is 2. The summed E-state index contributed by atoms with van der Waals surface area (Å²) in [6.45, 7) is 0. The van der Waals surface area contributed by atoms with E-state index in [9.17, 15) is 0 Å². The summed E-state index contributed by atoms with van der Waals surface area (Å²) in [4.78, 5) is 0. The zero-order valence-corrected chi connectivity index (χ0v) is 34.8. The maximum atomic E-state index is 2.49. The smallest absolute Gasteiger partial charge is 0.0619 e. The van der Waals surface area contributed by atoms with Gasteiger partial charge >= 0.3 is 0 Å². The second-order valence-electron chi connectivity index (χ2n) is 17.2. The zero-order chi connectivity index (χ0) is 41.9. The highest BCUT2D eigenvalue weighted by Gasteiger charge is 2.23. The largest absolute Gasteiger partial charge is 0.309 e. The van der Waals surface area contributed by atoms with Gasteiger partial charge in [0.2, 0.25) is 0 Å². The molecular weight excluding hydrogens is 773 g/mol. The number of benzene rings is 11. The third-order valence-corrected chi connectivity index (χ3v) is 13.9. The first-order valence-corrected chi connectivity index (χ1v) is 22.2. The van der Waals surface area contributed by atoms with Gasteiger partial charge < -0.3 is 9.13 Å². The van der Waals surface area contributed by atoms with Gasteiger partial charge in [0.25, 0.3) is 0 Å². The highest BCUT2D eigenvalue weighted by molar-refractivity contribution is 6.20. The van der Waals surface area contributed by atoms with E-state index in [2.05, 4.69) is 240 Å². The van der Waals surface area contributed by atoms with Crippen LogP contribution in [-0.2, 0) is 0 Å². The van der Waals surface area contributed by atoms with E-state index in [1.54, 1.807) is 0 Å². The van der Waals surface area contributed by atoms with Crippen LogP contribution in [-0.4, -0.2) is 9.13 Å². The van der Waals surface area contributed by atoms with E-state index < -0.39 is 0 Å². The molecule has 2 nitrogen and oxygen atoms in total. The average molecular weight is 811 g/mol. The Balaban J connectivity index is 0.912. The summed E-state index contributed by atoms with van der Waals surface area (Å²) in [6.07, 6.45) is 0. The highest BCUT2D eigenvalue weighted by atomic mass is 15.0. The molecule has 64 heavy (non-hydrogen) atoms. The van der Waals surface area contributed by atoms with Gasteiger partial charge in [-0.05, 0) is 126 Å². The normalized spacial score (nSPS) is 12.1. The lowest BCUT2D eigenvalue weighted by Gasteiger charge is -2.14. The van der Waals surface area contributed by atoms with Crippen LogP contribution in [0.3, 0.4) is 0 Å². The van der Waals surface area contributed by atoms with Crippen molar-refractivity contribution in [2.45, 2.75) is 0 Å². The summed E-state index contributed by atoms with van der Waals surface area (Å²) >= 11 is 0. The van der Waals surface area contributed by atoms with Gasteiger partial charge in [-0.15, -0.1) is 0 Å². The van der Waals surface area contributed by atoms with Crippen molar-refractivity contribution in [3.63, 3.8) is 0 Å². The van der Waals surface area contributed by atoms with Crippen molar-refractivity contribution in [3.8, 4) is 67.0 Å². The van der Waals surface area contributed by atoms with Crippen molar-refractivity contribution in [2.24, 2.45) is 0 Å². The third-order valence-electron chi connectivity index (χ3n) is 13.9. The van der Waals surface area contributed by atoms with Crippen LogP contribution in [0.1, 0.15) is 0 Å². The van der Waals surface area contributed by atoms with Crippen LogP contribution in [0.25, 0.3) is 132 Å². The van der Waals surface area contributed by atoms with Gasteiger partial charge in [-0.3, -0.25) is 0 Å². The van der Waals surface area contributed by atoms with Crippen LogP contribution >= 0.6 is 0 Å². The SMILES string of the molecule is c1ccc(-n2c3ccccc3c3cc(-c4ccc5c6ccc7ccccc7c6n(-c6ccc(-c7ccccc7-c7ccc8c(c7)-c7cccc9cccc-8c79)cc6)c5c4)ccc32)cc1. The summed E-state index contributed by atoms with van der Waals surface area (Å²) in [5.74, 6) is 0. The minimum absolute atomic E-state index is 1.14. The predicted octanol–water partition coefficient (Wildman–Crippen LogP) is 16.8. The van der Waals surface area contributed by atoms with E-state index in [1.165, 1.54) is 126 Å². The molecule has 0 bridgehead atoms. The molecule has 0 aliphatic heterocycles. The predicted molar refractivity (Wildman–Crippen MR) is 271 cm³/mol. The van der Waals surface area contributed by atoms with Crippen molar-refractivity contribution < 1.29 is 0 Å². The molecule has 0 atom stereocenters. The molecule has 0 fully saturated rings. The Morgan fingerprint density at radius 1 is 0.234 bits per heavy atom. The van der Waals surface area contributed by atoms with Gasteiger partial charge in [-0.25, -0.2) is 0 Å². The highest BCUT2D eigenvalue weighted by Crippen LogP contribution is 2.49. The molecule has 14 rings (SSSR count). The monoisotopic (exact) mass is 810 g/mol. The molecule has 2 heteroatoms. The molecule has 11 aromatic carbocycles. The molecule has 1 aliphatic rings. The average Bonchev–Trinajstić information content (AvgIpc) is 4.00.